The predicted molar refractivity (Wildman–Crippen MR) is 56.2 cm³/mol. The van der Waals surface area contributed by atoms with Crippen LogP contribution in [0, 0.1) is 17.3 Å². The highest BCUT2D eigenvalue weighted by Gasteiger charge is 2.55. The first kappa shape index (κ1) is 9.08. The van der Waals surface area contributed by atoms with Crippen molar-refractivity contribution in [2.24, 2.45) is 17.3 Å². The molecule has 2 saturated carbocycles. The van der Waals surface area contributed by atoms with Crippen molar-refractivity contribution in [1.82, 2.24) is 0 Å². The van der Waals surface area contributed by atoms with E-state index >= 15 is 0 Å². The van der Waals surface area contributed by atoms with Gasteiger partial charge >= 0.3 is 5.97 Å². The second-order valence-corrected chi connectivity index (χ2v) is 5.90. The third-order valence-corrected chi connectivity index (χ3v) is 5.17. The average Bonchev–Trinajstić information content (AvgIpc) is 2.65. The van der Waals surface area contributed by atoms with Gasteiger partial charge in [-0.25, -0.2) is 0 Å². The normalized spacial score (nSPS) is 51.2. The highest BCUT2D eigenvalue weighted by Crippen LogP contribution is 2.58. The van der Waals surface area contributed by atoms with Crippen LogP contribution in [0.3, 0.4) is 0 Å². The standard InChI is InChI=1S/C11H16O2S/c12-10-5-11(6-13-10)4-7-3-8(11)1-2-9(7)14/h7-9,14H,1-6H2. The molecule has 0 aromatic carbocycles. The molecule has 3 heteroatoms. The molecule has 2 nitrogen and oxygen atoms in total. The maximum absolute atomic E-state index is 11.2. The molecule has 1 saturated heterocycles. The molecule has 78 valence electrons. The number of carbonyl (C=O) groups is 1. The zero-order chi connectivity index (χ0) is 9.76. The minimum absolute atomic E-state index is 0.0215. The summed E-state index contributed by atoms with van der Waals surface area (Å²) in [5, 5.41) is 0.571. The monoisotopic (exact) mass is 212 g/mol. The van der Waals surface area contributed by atoms with Crippen molar-refractivity contribution >= 4 is 18.6 Å². The summed E-state index contributed by atoms with van der Waals surface area (Å²) in [6.45, 7) is 0.688. The van der Waals surface area contributed by atoms with Crippen LogP contribution in [0.15, 0.2) is 0 Å². The van der Waals surface area contributed by atoms with E-state index in [9.17, 15) is 4.79 Å². The number of esters is 1. The van der Waals surface area contributed by atoms with E-state index in [4.69, 9.17) is 4.74 Å². The Morgan fingerprint density at radius 1 is 1.43 bits per heavy atom. The van der Waals surface area contributed by atoms with Gasteiger partial charge in [-0.15, -0.1) is 0 Å². The number of carbonyl (C=O) groups excluding carboxylic acids is 1. The Bertz CT molecular complexity index is 278. The zero-order valence-corrected chi connectivity index (χ0v) is 9.13. The van der Waals surface area contributed by atoms with Crippen LogP contribution in [0.5, 0.6) is 0 Å². The molecule has 0 aromatic rings. The lowest BCUT2D eigenvalue weighted by Crippen LogP contribution is -2.26. The van der Waals surface area contributed by atoms with E-state index in [0.717, 1.165) is 11.8 Å². The fourth-order valence-corrected chi connectivity index (χ4v) is 4.10. The van der Waals surface area contributed by atoms with Gasteiger partial charge in [0.25, 0.3) is 0 Å². The molecule has 1 heterocycles. The van der Waals surface area contributed by atoms with Gasteiger partial charge in [0.2, 0.25) is 0 Å². The van der Waals surface area contributed by atoms with Crippen LogP contribution in [-0.4, -0.2) is 17.8 Å². The van der Waals surface area contributed by atoms with Gasteiger partial charge in [0.05, 0.1) is 13.0 Å². The summed E-state index contributed by atoms with van der Waals surface area (Å²) >= 11 is 4.64. The molecule has 4 atom stereocenters. The molecule has 2 bridgehead atoms. The van der Waals surface area contributed by atoms with Gasteiger partial charge in [-0.2, -0.15) is 12.6 Å². The van der Waals surface area contributed by atoms with Crippen LogP contribution in [0.1, 0.15) is 32.1 Å². The number of hydrogen-bond donors (Lipinski definition) is 1. The van der Waals surface area contributed by atoms with E-state index in [0.29, 0.717) is 18.3 Å². The molecule has 3 rings (SSSR count). The van der Waals surface area contributed by atoms with E-state index in [1.165, 1.54) is 25.7 Å². The van der Waals surface area contributed by atoms with Crippen LogP contribution in [0.2, 0.25) is 0 Å². The summed E-state index contributed by atoms with van der Waals surface area (Å²) in [4.78, 5) is 11.2. The molecular formula is C11H16O2S. The number of cyclic esters (lactones) is 1. The van der Waals surface area contributed by atoms with Crippen LogP contribution in [0.25, 0.3) is 0 Å². The largest absolute Gasteiger partial charge is 0.465 e. The van der Waals surface area contributed by atoms with Crippen LogP contribution in [-0.2, 0) is 9.53 Å². The van der Waals surface area contributed by atoms with Crippen molar-refractivity contribution in [1.29, 1.82) is 0 Å². The number of ether oxygens (including phenoxy) is 1. The molecule has 3 aliphatic rings. The summed E-state index contributed by atoms with van der Waals surface area (Å²) in [6, 6.07) is 0. The van der Waals surface area contributed by atoms with E-state index in [1.54, 1.807) is 0 Å². The molecule has 1 spiro atoms. The molecule has 0 aromatic heterocycles. The van der Waals surface area contributed by atoms with Gasteiger partial charge in [0.15, 0.2) is 0 Å². The van der Waals surface area contributed by atoms with Crippen molar-refractivity contribution < 1.29 is 9.53 Å². The molecule has 4 unspecified atom stereocenters. The fourth-order valence-electron chi connectivity index (χ4n) is 3.72. The van der Waals surface area contributed by atoms with Gasteiger partial charge < -0.3 is 4.74 Å². The lowest BCUT2D eigenvalue weighted by molar-refractivity contribution is -0.137. The number of rotatable bonds is 0. The summed E-state index contributed by atoms with van der Waals surface area (Å²) in [7, 11) is 0. The predicted octanol–water partition coefficient (Wildman–Crippen LogP) is 2.04. The van der Waals surface area contributed by atoms with Crippen molar-refractivity contribution in [2.75, 3.05) is 6.61 Å². The second kappa shape index (κ2) is 2.91. The Morgan fingerprint density at radius 3 is 2.93 bits per heavy atom. The molecule has 2 aliphatic carbocycles. The Hall–Kier alpha value is -0.180. The van der Waals surface area contributed by atoms with Crippen LogP contribution < -0.4 is 0 Å². The number of fused-ring (bicyclic) bond motifs is 3. The zero-order valence-electron chi connectivity index (χ0n) is 8.24. The average molecular weight is 212 g/mol. The van der Waals surface area contributed by atoms with Crippen molar-refractivity contribution in [3.05, 3.63) is 0 Å². The molecule has 0 N–H and O–H groups in total. The molecule has 1 aliphatic heterocycles. The van der Waals surface area contributed by atoms with Crippen LogP contribution in [0.4, 0.5) is 0 Å². The Labute approximate surface area is 89.8 Å². The smallest absolute Gasteiger partial charge is 0.306 e. The molecule has 0 radical (unpaired) electrons. The topological polar surface area (TPSA) is 26.3 Å². The first-order chi connectivity index (χ1) is 6.70. The van der Waals surface area contributed by atoms with Crippen LogP contribution >= 0.6 is 12.6 Å². The number of hydrogen-bond acceptors (Lipinski definition) is 3. The number of thiol groups is 1. The van der Waals surface area contributed by atoms with Gasteiger partial charge in [-0.3, -0.25) is 4.79 Å². The third kappa shape index (κ3) is 1.14. The Balaban J connectivity index is 1.86. The molecular weight excluding hydrogens is 196 g/mol. The summed E-state index contributed by atoms with van der Waals surface area (Å²) in [6.07, 6.45) is 5.62. The highest BCUT2D eigenvalue weighted by molar-refractivity contribution is 7.81. The van der Waals surface area contributed by atoms with Crippen molar-refractivity contribution in [3.8, 4) is 0 Å². The minimum Gasteiger partial charge on any atom is -0.465 e. The first-order valence-corrected chi connectivity index (χ1v) is 6.05. The van der Waals surface area contributed by atoms with Gasteiger partial charge in [0.1, 0.15) is 0 Å². The second-order valence-electron chi connectivity index (χ2n) is 5.24. The molecule has 0 amide bonds. The van der Waals surface area contributed by atoms with Gasteiger partial charge in [-0.1, -0.05) is 0 Å². The lowest BCUT2D eigenvalue weighted by atomic mass is 9.75. The summed E-state index contributed by atoms with van der Waals surface area (Å²) < 4.78 is 5.17. The minimum atomic E-state index is 0.0215. The maximum Gasteiger partial charge on any atom is 0.306 e. The quantitative estimate of drug-likeness (QED) is 0.491. The third-order valence-electron chi connectivity index (χ3n) is 4.49. The first-order valence-electron chi connectivity index (χ1n) is 5.53. The van der Waals surface area contributed by atoms with E-state index in [1.807, 2.05) is 0 Å². The Morgan fingerprint density at radius 2 is 2.29 bits per heavy atom. The summed E-state index contributed by atoms with van der Waals surface area (Å²) in [5.41, 5.74) is 0.221. The maximum atomic E-state index is 11.2. The van der Waals surface area contributed by atoms with Gasteiger partial charge in [0, 0.05) is 10.7 Å². The van der Waals surface area contributed by atoms with Gasteiger partial charge in [-0.05, 0) is 37.5 Å². The highest BCUT2D eigenvalue weighted by atomic mass is 32.1. The Kier molecular flexibility index (Phi) is 1.88. The van der Waals surface area contributed by atoms with E-state index in [-0.39, 0.29) is 11.4 Å². The lowest BCUT2D eigenvalue weighted by Gasteiger charge is -2.28. The van der Waals surface area contributed by atoms with Crippen molar-refractivity contribution in [3.63, 3.8) is 0 Å². The van der Waals surface area contributed by atoms with E-state index < -0.39 is 0 Å². The summed E-state index contributed by atoms with van der Waals surface area (Å²) in [5.74, 6) is 1.50. The van der Waals surface area contributed by atoms with Crippen molar-refractivity contribution in [2.45, 2.75) is 37.4 Å². The van der Waals surface area contributed by atoms with E-state index in [2.05, 4.69) is 12.6 Å². The fraction of sp³-hybridized carbons (Fsp3) is 0.909. The SMILES string of the molecule is O=C1CC2(CO1)CC1CC2CCC1S. The molecule has 14 heavy (non-hydrogen) atoms. The molecule has 3 fully saturated rings.